The fourth-order valence-corrected chi connectivity index (χ4v) is 2.58. The van der Waals surface area contributed by atoms with Gasteiger partial charge in [-0.05, 0) is 18.1 Å². The van der Waals surface area contributed by atoms with Crippen LogP contribution in [0.3, 0.4) is 0 Å². The summed E-state index contributed by atoms with van der Waals surface area (Å²) < 4.78 is 0. The molecule has 2 rings (SSSR count). The van der Waals surface area contributed by atoms with Crippen LogP contribution in [0, 0.1) is 29.6 Å². The van der Waals surface area contributed by atoms with Gasteiger partial charge in [-0.25, -0.2) is 0 Å². The Balaban J connectivity index is 2.25. The average Bonchev–Trinajstić information content (AvgIpc) is 2.41. The predicted octanol–water partition coefficient (Wildman–Crippen LogP) is 2.39. The lowest BCUT2D eigenvalue weighted by Crippen LogP contribution is -2.34. The van der Waals surface area contributed by atoms with Gasteiger partial charge in [0, 0.05) is 5.92 Å². The third-order valence-electron chi connectivity index (χ3n) is 3.68. The van der Waals surface area contributed by atoms with Crippen LogP contribution in [-0.4, -0.2) is 22.9 Å². The van der Waals surface area contributed by atoms with Crippen LogP contribution in [0.5, 0.6) is 0 Å². The van der Waals surface area contributed by atoms with Crippen molar-refractivity contribution in [3.8, 4) is 11.8 Å². The third-order valence-corrected chi connectivity index (χ3v) is 3.68. The number of hydrogen-bond donors (Lipinski definition) is 2. The van der Waals surface area contributed by atoms with Crippen molar-refractivity contribution in [3.63, 3.8) is 0 Å². The van der Waals surface area contributed by atoms with Gasteiger partial charge in [-0.15, -0.1) is 0 Å². The first-order valence-electron chi connectivity index (χ1n) is 6.85. The van der Waals surface area contributed by atoms with Crippen LogP contribution >= 0.6 is 0 Å². The van der Waals surface area contributed by atoms with E-state index >= 15 is 0 Å². The average molecular weight is 268 g/mol. The standard InChI is InChI=1S/C18H20O2/c1-3-4-5-7-13(2)18(17(20)12-19)16-9-6-8-14-10-11-15(14)16/h3-9,14-15,17-20H,2,12H2,1H3/b4-3-,7-5-. The molecule has 0 aromatic rings. The number of hydrogen-bond acceptors (Lipinski definition) is 2. The highest BCUT2D eigenvalue weighted by atomic mass is 16.3. The van der Waals surface area contributed by atoms with Gasteiger partial charge < -0.3 is 10.2 Å². The van der Waals surface area contributed by atoms with Crippen LogP contribution in [0.4, 0.5) is 0 Å². The van der Waals surface area contributed by atoms with E-state index in [1.54, 1.807) is 0 Å². The molecule has 0 amide bonds. The molecule has 2 aliphatic carbocycles. The number of allylic oxidation sites excluding steroid dienone is 7. The van der Waals surface area contributed by atoms with E-state index < -0.39 is 6.10 Å². The van der Waals surface area contributed by atoms with Gasteiger partial charge in [0.1, 0.15) is 0 Å². The highest BCUT2D eigenvalue weighted by molar-refractivity contribution is 5.46. The molecule has 2 heteroatoms. The predicted molar refractivity (Wildman–Crippen MR) is 81.7 cm³/mol. The Bertz CT molecular complexity index is 552. The molecule has 0 saturated heterocycles. The van der Waals surface area contributed by atoms with Crippen molar-refractivity contribution < 1.29 is 10.2 Å². The molecular formula is C18H20O2. The van der Waals surface area contributed by atoms with Crippen molar-refractivity contribution >= 4 is 0 Å². The second-order valence-corrected chi connectivity index (χ2v) is 5.03. The summed E-state index contributed by atoms with van der Waals surface area (Å²) in [7, 11) is 0. The maximum absolute atomic E-state index is 10.1. The minimum absolute atomic E-state index is 0.151. The summed E-state index contributed by atoms with van der Waals surface area (Å²) in [5, 5.41) is 19.5. The zero-order valence-corrected chi connectivity index (χ0v) is 11.7. The van der Waals surface area contributed by atoms with Crippen LogP contribution in [-0.2, 0) is 0 Å². The van der Waals surface area contributed by atoms with Crippen molar-refractivity contribution in [2.45, 2.75) is 13.0 Å². The van der Waals surface area contributed by atoms with E-state index in [1.165, 1.54) is 0 Å². The van der Waals surface area contributed by atoms with Crippen LogP contribution in [0.25, 0.3) is 0 Å². The van der Waals surface area contributed by atoms with Crippen molar-refractivity contribution in [2.24, 2.45) is 17.8 Å². The number of fused-ring (bicyclic) bond motifs is 1. The Morgan fingerprint density at radius 1 is 1.45 bits per heavy atom. The first-order valence-corrected chi connectivity index (χ1v) is 6.85. The summed E-state index contributed by atoms with van der Waals surface area (Å²) >= 11 is 0. The van der Waals surface area contributed by atoms with Gasteiger partial charge in [0.2, 0.25) is 0 Å². The first kappa shape index (κ1) is 14.6. The molecule has 0 aromatic carbocycles. The Morgan fingerprint density at radius 2 is 2.25 bits per heavy atom. The van der Waals surface area contributed by atoms with Crippen molar-refractivity contribution in [1.82, 2.24) is 0 Å². The van der Waals surface area contributed by atoms with Gasteiger partial charge in [0.25, 0.3) is 0 Å². The quantitative estimate of drug-likeness (QED) is 0.573. The molecule has 2 N–H and O–H groups in total. The summed E-state index contributed by atoms with van der Waals surface area (Å²) in [5.74, 6) is 6.35. The lowest BCUT2D eigenvalue weighted by Gasteiger charge is -2.34. The molecule has 4 unspecified atom stereocenters. The van der Waals surface area contributed by atoms with Crippen molar-refractivity contribution in [3.05, 3.63) is 60.3 Å². The SMILES string of the molecule is C=C(/C=C\C=C/C)C(C1=CC=CC2C#CC12)C(O)CO. The van der Waals surface area contributed by atoms with E-state index in [9.17, 15) is 10.2 Å². The maximum Gasteiger partial charge on any atom is 0.0876 e. The van der Waals surface area contributed by atoms with Crippen molar-refractivity contribution in [2.75, 3.05) is 6.61 Å². The molecule has 0 bridgehead atoms. The molecule has 4 atom stereocenters. The third kappa shape index (κ3) is 2.85. The molecular weight excluding hydrogens is 248 g/mol. The molecule has 0 heterocycles. The van der Waals surface area contributed by atoms with E-state index in [4.69, 9.17) is 0 Å². The van der Waals surface area contributed by atoms with Gasteiger partial charge in [-0.3, -0.25) is 0 Å². The first-order chi connectivity index (χ1) is 9.69. The van der Waals surface area contributed by atoms with Crippen molar-refractivity contribution in [1.29, 1.82) is 0 Å². The van der Waals surface area contributed by atoms with Gasteiger partial charge in [-0.2, -0.15) is 0 Å². The molecule has 2 nitrogen and oxygen atoms in total. The van der Waals surface area contributed by atoms with E-state index in [-0.39, 0.29) is 24.4 Å². The fraction of sp³-hybridized carbons (Fsp3) is 0.333. The summed E-state index contributed by atoms with van der Waals surface area (Å²) in [6.07, 6.45) is 12.8. The van der Waals surface area contributed by atoms with E-state index in [2.05, 4.69) is 24.5 Å². The fourth-order valence-electron chi connectivity index (χ4n) is 2.58. The highest BCUT2D eigenvalue weighted by Gasteiger charge is 2.35. The maximum atomic E-state index is 10.1. The van der Waals surface area contributed by atoms with E-state index in [0.29, 0.717) is 0 Å². The van der Waals surface area contributed by atoms with Crippen LogP contribution in [0.1, 0.15) is 6.92 Å². The minimum atomic E-state index is -0.849. The van der Waals surface area contributed by atoms with Gasteiger partial charge >= 0.3 is 0 Å². The van der Waals surface area contributed by atoms with Crippen LogP contribution in [0.2, 0.25) is 0 Å². The molecule has 20 heavy (non-hydrogen) atoms. The second kappa shape index (κ2) is 6.56. The molecule has 0 radical (unpaired) electrons. The molecule has 0 saturated carbocycles. The monoisotopic (exact) mass is 268 g/mol. The molecule has 2 aliphatic rings. The number of rotatable bonds is 6. The number of aliphatic hydroxyl groups excluding tert-OH is 2. The smallest absolute Gasteiger partial charge is 0.0876 e. The topological polar surface area (TPSA) is 40.5 Å². The molecule has 0 spiro atoms. The highest BCUT2D eigenvalue weighted by Crippen LogP contribution is 2.39. The summed E-state index contributed by atoms with van der Waals surface area (Å²) in [5.41, 5.74) is 1.84. The molecule has 104 valence electrons. The van der Waals surface area contributed by atoms with Crippen LogP contribution in [0.15, 0.2) is 60.3 Å². The number of aliphatic hydroxyl groups is 2. The summed E-state index contributed by atoms with van der Waals surface area (Å²) in [6.45, 7) is 5.71. The molecule has 0 aromatic heterocycles. The second-order valence-electron chi connectivity index (χ2n) is 5.03. The summed E-state index contributed by atoms with van der Waals surface area (Å²) in [4.78, 5) is 0. The Morgan fingerprint density at radius 3 is 2.85 bits per heavy atom. The normalized spacial score (nSPS) is 26.4. The zero-order valence-electron chi connectivity index (χ0n) is 11.7. The molecule has 0 fully saturated rings. The van der Waals surface area contributed by atoms with Gasteiger partial charge in [0.05, 0.1) is 24.5 Å². The Kier molecular flexibility index (Phi) is 4.79. The Hall–Kier alpha value is -1.82. The van der Waals surface area contributed by atoms with E-state index in [0.717, 1.165) is 11.1 Å². The van der Waals surface area contributed by atoms with Gasteiger partial charge in [0.15, 0.2) is 0 Å². The minimum Gasteiger partial charge on any atom is -0.394 e. The Labute approximate surface area is 120 Å². The largest absolute Gasteiger partial charge is 0.394 e. The summed E-state index contributed by atoms with van der Waals surface area (Å²) in [6, 6.07) is 0. The van der Waals surface area contributed by atoms with Gasteiger partial charge in [-0.1, -0.05) is 61.0 Å². The zero-order chi connectivity index (χ0) is 14.5. The van der Waals surface area contributed by atoms with E-state index in [1.807, 2.05) is 43.4 Å². The lowest BCUT2D eigenvalue weighted by atomic mass is 9.69. The lowest BCUT2D eigenvalue weighted by molar-refractivity contribution is 0.0683. The molecule has 0 aliphatic heterocycles. The van der Waals surface area contributed by atoms with Crippen LogP contribution < -0.4 is 0 Å².